The van der Waals surface area contributed by atoms with Crippen LogP contribution in [0.4, 0.5) is 15.9 Å². The minimum Gasteiger partial charge on any atom is -0.373 e. The fourth-order valence-corrected chi connectivity index (χ4v) is 1.86. The maximum absolute atomic E-state index is 13.6. The van der Waals surface area contributed by atoms with Crippen LogP contribution in [0.15, 0.2) is 30.5 Å². The minimum atomic E-state index is -0.497. The highest BCUT2D eigenvalue weighted by Crippen LogP contribution is 2.21. The molecule has 0 saturated heterocycles. The highest BCUT2D eigenvalue weighted by Gasteiger charge is 2.14. The zero-order chi connectivity index (χ0) is 14.7. The zero-order valence-electron chi connectivity index (χ0n) is 11.0. The van der Waals surface area contributed by atoms with Crippen LogP contribution in [0.2, 0.25) is 5.02 Å². The number of aryl methyl sites for hydroxylation is 1. The number of amides is 1. The van der Waals surface area contributed by atoms with Gasteiger partial charge in [0.15, 0.2) is 0 Å². The number of rotatable bonds is 3. The van der Waals surface area contributed by atoms with E-state index >= 15 is 0 Å². The number of aromatic nitrogens is 1. The van der Waals surface area contributed by atoms with Crippen molar-refractivity contribution in [1.29, 1.82) is 0 Å². The summed E-state index contributed by atoms with van der Waals surface area (Å²) in [4.78, 5) is 16.1. The zero-order valence-corrected chi connectivity index (χ0v) is 11.8. The number of anilines is 2. The molecule has 0 unspecified atom stereocenters. The Bertz CT molecular complexity index is 661. The number of halogens is 2. The van der Waals surface area contributed by atoms with Crippen LogP contribution in [0.25, 0.3) is 0 Å². The second kappa shape index (κ2) is 5.88. The Labute approximate surface area is 121 Å². The SMILES string of the molecule is CNc1cc(C(=O)Nc2cc(C)ccc2F)c(Cl)cn1. The van der Waals surface area contributed by atoms with Crippen LogP contribution in [-0.2, 0) is 0 Å². The van der Waals surface area contributed by atoms with Crippen molar-refractivity contribution in [2.75, 3.05) is 17.7 Å². The molecular weight excluding hydrogens is 281 g/mol. The summed E-state index contributed by atoms with van der Waals surface area (Å²) >= 11 is 5.94. The molecule has 1 aromatic carbocycles. The molecule has 1 amide bonds. The van der Waals surface area contributed by atoms with Gasteiger partial charge in [-0.05, 0) is 30.7 Å². The molecule has 2 aromatic rings. The number of hydrogen-bond acceptors (Lipinski definition) is 3. The summed E-state index contributed by atoms with van der Waals surface area (Å²) in [6, 6.07) is 5.99. The van der Waals surface area contributed by atoms with Crippen LogP contribution in [0, 0.1) is 12.7 Å². The van der Waals surface area contributed by atoms with Gasteiger partial charge in [0.25, 0.3) is 5.91 Å². The molecule has 0 saturated carbocycles. The standard InChI is InChI=1S/C14H13ClFN3O/c1-8-3-4-11(16)12(5-8)19-14(20)9-6-13(17-2)18-7-10(9)15/h3-7H,1-2H3,(H,17,18)(H,19,20). The first-order chi connectivity index (χ1) is 9.51. The van der Waals surface area contributed by atoms with E-state index in [4.69, 9.17) is 11.6 Å². The summed E-state index contributed by atoms with van der Waals surface area (Å²) in [6.07, 6.45) is 1.37. The fourth-order valence-electron chi connectivity index (χ4n) is 1.67. The van der Waals surface area contributed by atoms with Gasteiger partial charge in [0.1, 0.15) is 11.6 Å². The van der Waals surface area contributed by atoms with E-state index in [1.165, 1.54) is 18.3 Å². The van der Waals surface area contributed by atoms with E-state index in [0.29, 0.717) is 5.82 Å². The Hall–Kier alpha value is -2.14. The first kappa shape index (κ1) is 14.3. The quantitative estimate of drug-likeness (QED) is 0.911. The van der Waals surface area contributed by atoms with E-state index in [0.717, 1.165) is 5.56 Å². The van der Waals surface area contributed by atoms with Crippen LogP contribution in [0.1, 0.15) is 15.9 Å². The maximum atomic E-state index is 13.6. The average Bonchev–Trinajstić information content (AvgIpc) is 2.43. The first-order valence-corrected chi connectivity index (χ1v) is 6.30. The van der Waals surface area contributed by atoms with Crippen LogP contribution in [0.5, 0.6) is 0 Å². The highest BCUT2D eigenvalue weighted by atomic mass is 35.5. The van der Waals surface area contributed by atoms with E-state index in [9.17, 15) is 9.18 Å². The van der Waals surface area contributed by atoms with Crippen molar-refractivity contribution in [3.63, 3.8) is 0 Å². The van der Waals surface area contributed by atoms with E-state index < -0.39 is 11.7 Å². The lowest BCUT2D eigenvalue weighted by Gasteiger charge is -2.09. The summed E-state index contributed by atoms with van der Waals surface area (Å²) in [6.45, 7) is 1.81. The summed E-state index contributed by atoms with van der Waals surface area (Å²) in [5.74, 6) is -0.481. The molecule has 104 valence electrons. The Morgan fingerprint density at radius 1 is 1.35 bits per heavy atom. The van der Waals surface area contributed by atoms with Gasteiger partial charge in [0.2, 0.25) is 0 Å². The number of pyridine rings is 1. The van der Waals surface area contributed by atoms with Gasteiger partial charge < -0.3 is 10.6 Å². The number of nitrogens with zero attached hydrogens (tertiary/aromatic N) is 1. The number of benzene rings is 1. The maximum Gasteiger partial charge on any atom is 0.257 e. The van der Waals surface area contributed by atoms with Crippen molar-refractivity contribution in [3.8, 4) is 0 Å². The number of nitrogens with one attached hydrogen (secondary N) is 2. The van der Waals surface area contributed by atoms with Crippen molar-refractivity contribution >= 4 is 29.0 Å². The summed E-state index contributed by atoms with van der Waals surface area (Å²) in [7, 11) is 1.68. The third kappa shape index (κ3) is 3.05. The molecule has 1 heterocycles. The molecule has 2 rings (SSSR count). The van der Waals surface area contributed by atoms with Gasteiger partial charge in [-0.15, -0.1) is 0 Å². The predicted molar refractivity (Wildman–Crippen MR) is 77.9 cm³/mol. The molecule has 0 radical (unpaired) electrons. The molecule has 0 spiro atoms. The fraction of sp³-hybridized carbons (Fsp3) is 0.143. The Morgan fingerprint density at radius 2 is 2.10 bits per heavy atom. The summed E-state index contributed by atoms with van der Waals surface area (Å²) in [5.41, 5.74) is 1.19. The van der Waals surface area contributed by atoms with Gasteiger partial charge >= 0.3 is 0 Å². The van der Waals surface area contributed by atoms with Gasteiger partial charge in [0.05, 0.1) is 16.3 Å². The number of carbonyl (C=O) groups excluding carboxylic acids is 1. The molecule has 0 bridgehead atoms. The Balaban J connectivity index is 2.30. The molecule has 0 atom stereocenters. The molecule has 1 aromatic heterocycles. The molecule has 0 aliphatic carbocycles. The monoisotopic (exact) mass is 293 g/mol. The van der Waals surface area contributed by atoms with Gasteiger partial charge in [-0.1, -0.05) is 17.7 Å². The van der Waals surface area contributed by atoms with Crippen molar-refractivity contribution in [2.45, 2.75) is 6.92 Å². The van der Waals surface area contributed by atoms with Crippen molar-refractivity contribution in [3.05, 3.63) is 52.4 Å². The lowest BCUT2D eigenvalue weighted by molar-refractivity contribution is 0.102. The van der Waals surface area contributed by atoms with Crippen molar-refractivity contribution < 1.29 is 9.18 Å². The van der Waals surface area contributed by atoms with Gasteiger partial charge in [-0.2, -0.15) is 0 Å². The summed E-state index contributed by atoms with van der Waals surface area (Å²) in [5, 5.41) is 5.52. The molecular formula is C14H13ClFN3O. The molecule has 6 heteroatoms. The molecule has 0 aliphatic rings. The Morgan fingerprint density at radius 3 is 2.80 bits per heavy atom. The molecule has 2 N–H and O–H groups in total. The smallest absolute Gasteiger partial charge is 0.257 e. The molecule has 4 nitrogen and oxygen atoms in total. The normalized spacial score (nSPS) is 10.2. The van der Waals surface area contributed by atoms with E-state index in [2.05, 4.69) is 15.6 Å². The second-order valence-corrected chi connectivity index (χ2v) is 4.64. The highest BCUT2D eigenvalue weighted by molar-refractivity contribution is 6.34. The largest absolute Gasteiger partial charge is 0.373 e. The van der Waals surface area contributed by atoms with E-state index in [-0.39, 0.29) is 16.3 Å². The lowest BCUT2D eigenvalue weighted by Crippen LogP contribution is -2.14. The van der Waals surface area contributed by atoms with Crippen LogP contribution in [0.3, 0.4) is 0 Å². The first-order valence-electron chi connectivity index (χ1n) is 5.92. The van der Waals surface area contributed by atoms with E-state index in [1.807, 2.05) is 6.92 Å². The Kier molecular flexibility index (Phi) is 4.20. The summed E-state index contributed by atoms with van der Waals surface area (Å²) < 4.78 is 13.6. The molecule has 0 aliphatic heterocycles. The second-order valence-electron chi connectivity index (χ2n) is 4.24. The molecule has 0 fully saturated rings. The topological polar surface area (TPSA) is 54.0 Å². The van der Waals surface area contributed by atoms with Crippen LogP contribution < -0.4 is 10.6 Å². The number of hydrogen-bond donors (Lipinski definition) is 2. The van der Waals surface area contributed by atoms with Gasteiger partial charge in [0, 0.05) is 13.2 Å². The van der Waals surface area contributed by atoms with Crippen LogP contribution >= 0.6 is 11.6 Å². The number of carbonyl (C=O) groups is 1. The minimum absolute atomic E-state index is 0.119. The average molecular weight is 294 g/mol. The third-order valence-electron chi connectivity index (χ3n) is 2.73. The predicted octanol–water partition coefficient (Wildman–Crippen LogP) is 3.48. The van der Waals surface area contributed by atoms with Crippen molar-refractivity contribution in [1.82, 2.24) is 4.98 Å². The van der Waals surface area contributed by atoms with Gasteiger partial charge in [-0.3, -0.25) is 4.79 Å². The van der Waals surface area contributed by atoms with Gasteiger partial charge in [-0.25, -0.2) is 9.37 Å². The van der Waals surface area contributed by atoms with Crippen LogP contribution in [-0.4, -0.2) is 17.9 Å². The van der Waals surface area contributed by atoms with Crippen molar-refractivity contribution in [2.24, 2.45) is 0 Å². The van der Waals surface area contributed by atoms with E-state index in [1.54, 1.807) is 19.2 Å². The third-order valence-corrected chi connectivity index (χ3v) is 3.03. The molecule has 20 heavy (non-hydrogen) atoms. The lowest BCUT2D eigenvalue weighted by atomic mass is 10.2.